The fraction of sp³-hybridized carbons (Fsp3) is 0.412. The summed E-state index contributed by atoms with van der Waals surface area (Å²) in [4.78, 5) is 0. The molecule has 1 aliphatic heterocycles. The zero-order chi connectivity index (χ0) is 18.7. The van der Waals surface area contributed by atoms with Gasteiger partial charge in [0.2, 0.25) is 5.88 Å². The molecule has 0 radical (unpaired) electrons. The van der Waals surface area contributed by atoms with Crippen LogP contribution >= 0.6 is 34.8 Å². The average molecular weight is 419 g/mol. The van der Waals surface area contributed by atoms with E-state index in [1.54, 1.807) is 18.2 Å². The zero-order valence-corrected chi connectivity index (χ0v) is 16.3. The second kappa shape index (κ2) is 8.59. The summed E-state index contributed by atoms with van der Waals surface area (Å²) in [6, 6.07) is 4.73. The average Bonchev–Trinajstić information content (AvgIpc) is 2.60. The molecule has 0 bridgehead atoms. The van der Waals surface area contributed by atoms with Gasteiger partial charge in [-0.2, -0.15) is 0 Å². The van der Waals surface area contributed by atoms with E-state index in [0.717, 1.165) is 19.3 Å². The summed E-state index contributed by atoms with van der Waals surface area (Å²) in [7, 11) is 0. The van der Waals surface area contributed by atoms with Gasteiger partial charge in [0.05, 0.1) is 16.1 Å². The van der Waals surface area contributed by atoms with Gasteiger partial charge < -0.3 is 19.9 Å². The van der Waals surface area contributed by atoms with Gasteiger partial charge in [0.1, 0.15) is 0 Å². The minimum Gasteiger partial charge on any atom is -0.434 e. The maximum absolute atomic E-state index is 6.18. The smallest absolute Gasteiger partial charge is 0.239 e. The van der Waals surface area contributed by atoms with Gasteiger partial charge in [0, 0.05) is 23.9 Å². The van der Waals surface area contributed by atoms with Crippen LogP contribution in [0.2, 0.25) is 15.2 Å². The molecule has 0 saturated carbocycles. The van der Waals surface area contributed by atoms with Gasteiger partial charge in [-0.05, 0) is 38.3 Å². The highest BCUT2D eigenvalue weighted by molar-refractivity contribution is 6.37. The number of benzene rings is 1. The van der Waals surface area contributed by atoms with Crippen molar-refractivity contribution in [3.63, 3.8) is 0 Å². The third kappa shape index (κ3) is 4.69. The fourth-order valence-electron chi connectivity index (χ4n) is 2.61. The number of nitrogens with two attached hydrogens (primary N) is 1. The lowest BCUT2D eigenvalue weighted by Gasteiger charge is -2.26. The minimum absolute atomic E-state index is 0.193. The molecule has 3 rings (SSSR count). The van der Waals surface area contributed by atoms with Crippen molar-refractivity contribution >= 4 is 40.5 Å². The van der Waals surface area contributed by atoms with Gasteiger partial charge in [-0.3, -0.25) is 0 Å². The van der Waals surface area contributed by atoms with E-state index in [2.05, 4.69) is 10.2 Å². The molecule has 2 unspecified atom stereocenters. The van der Waals surface area contributed by atoms with Crippen LogP contribution in [0.15, 0.2) is 18.2 Å². The molecule has 9 heteroatoms. The van der Waals surface area contributed by atoms with Crippen LogP contribution in [0, 0.1) is 0 Å². The number of halogens is 3. The Hall–Kier alpha value is -1.31. The Morgan fingerprint density at radius 3 is 2.54 bits per heavy atom. The van der Waals surface area contributed by atoms with Crippen LogP contribution in [0.3, 0.4) is 0 Å². The number of rotatable bonds is 5. The lowest BCUT2D eigenvalue weighted by molar-refractivity contribution is -0.186. The van der Waals surface area contributed by atoms with Crippen molar-refractivity contribution in [2.75, 3.05) is 12.3 Å². The van der Waals surface area contributed by atoms with Crippen molar-refractivity contribution in [2.24, 2.45) is 0 Å². The van der Waals surface area contributed by atoms with E-state index in [9.17, 15) is 0 Å². The van der Waals surface area contributed by atoms with Gasteiger partial charge in [-0.25, -0.2) is 0 Å². The second-order valence-electron chi connectivity index (χ2n) is 5.92. The van der Waals surface area contributed by atoms with Crippen LogP contribution in [0.4, 0.5) is 5.69 Å². The first-order valence-electron chi connectivity index (χ1n) is 8.16. The van der Waals surface area contributed by atoms with Crippen molar-refractivity contribution in [1.82, 2.24) is 10.2 Å². The predicted molar refractivity (Wildman–Crippen MR) is 101 cm³/mol. The fourth-order valence-corrected chi connectivity index (χ4v) is 3.44. The van der Waals surface area contributed by atoms with Crippen LogP contribution in [0.1, 0.15) is 37.9 Å². The molecular weight excluding hydrogens is 401 g/mol. The van der Waals surface area contributed by atoms with E-state index in [0.29, 0.717) is 17.9 Å². The monoisotopic (exact) mass is 417 g/mol. The van der Waals surface area contributed by atoms with Crippen LogP contribution in [0.25, 0.3) is 0 Å². The van der Waals surface area contributed by atoms with Crippen molar-refractivity contribution in [3.05, 3.63) is 39.0 Å². The van der Waals surface area contributed by atoms with E-state index < -0.39 is 0 Å². The normalized spacial score (nSPS) is 18.5. The number of anilines is 1. The van der Waals surface area contributed by atoms with Gasteiger partial charge in [-0.15, -0.1) is 10.2 Å². The summed E-state index contributed by atoms with van der Waals surface area (Å²) >= 11 is 18.5. The van der Waals surface area contributed by atoms with E-state index in [1.807, 2.05) is 6.92 Å². The molecule has 140 valence electrons. The Morgan fingerprint density at radius 1 is 1.15 bits per heavy atom. The molecule has 6 nitrogen and oxygen atoms in total. The van der Waals surface area contributed by atoms with E-state index >= 15 is 0 Å². The SMILES string of the molecule is CC(OC1CCCCO1)c1cc(Oc2c(Cl)cc(N)cc2Cl)nnc1Cl. The summed E-state index contributed by atoms with van der Waals surface area (Å²) in [6.07, 6.45) is 2.37. The van der Waals surface area contributed by atoms with E-state index in [1.165, 1.54) is 0 Å². The number of nitrogen functional groups attached to an aromatic ring is 1. The second-order valence-corrected chi connectivity index (χ2v) is 7.09. The molecule has 1 saturated heterocycles. The summed E-state index contributed by atoms with van der Waals surface area (Å²) in [5, 5.41) is 8.63. The molecular formula is C17H18Cl3N3O3. The van der Waals surface area contributed by atoms with E-state index in [-0.39, 0.29) is 39.2 Å². The standard InChI is InChI=1S/C17H18Cl3N3O3/c1-9(25-15-4-2-3-5-24-15)11-8-14(22-23-17(11)20)26-16-12(18)6-10(21)7-13(16)19/h6-9,15H,2-5,21H2,1H3. The van der Waals surface area contributed by atoms with E-state index in [4.69, 9.17) is 54.7 Å². The highest BCUT2D eigenvalue weighted by Crippen LogP contribution is 2.38. The minimum atomic E-state index is -0.346. The predicted octanol–water partition coefficient (Wildman–Crippen LogP) is 5.42. The Labute approximate surface area is 166 Å². The van der Waals surface area contributed by atoms with Crippen molar-refractivity contribution in [2.45, 2.75) is 38.6 Å². The molecule has 1 fully saturated rings. The Balaban J connectivity index is 1.79. The molecule has 1 aromatic heterocycles. The maximum Gasteiger partial charge on any atom is 0.239 e. The third-order valence-corrected chi connectivity index (χ3v) is 4.77. The molecule has 26 heavy (non-hydrogen) atoms. The number of ether oxygens (including phenoxy) is 3. The molecule has 1 aromatic carbocycles. The molecule has 0 aliphatic carbocycles. The zero-order valence-electron chi connectivity index (χ0n) is 14.0. The Morgan fingerprint density at radius 2 is 1.88 bits per heavy atom. The van der Waals surface area contributed by atoms with Gasteiger partial charge in [0.25, 0.3) is 0 Å². The summed E-state index contributed by atoms with van der Waals surface area (Å²) in [5.74, 6) is 0.437. The molecule has 0 amide bonds. The summed E-state index contributed by atoms with van der Waals surface area (Å²) < 4.78 is 17.2. The summed E-state index contributed by atoms with van der Waals surface area (Å²) in [6.45, 7) is 2.57. The first-order chi connectivity index (χ1) is 12.4. The third-order valence-electron chi connectivity index (χ3n) is 3.91. The lowest BCUT2D eigenvalue weighted by atomic mass is 10.2. The molecule has 2 N–H and O–H groups in total. The number of hydrogen-bond donors (Lipinski definition) is 1. The quantitative estimate of drug-likeness (QED) is 0.653. The lowest BCUT2D eigenvalue weighted by Crippen LogP contribution is -2.23. The number of hydrogen-bond acceptors (Lipinski definition) is 6. The van der Waals surface area contributed by atoms with Gasteiger partial charge in [-0.1, -0.05) is 34.8 Å². The Bertz CT molecular complexity index is 762. The highest BCUT2D eigenvalue weighted by atomic mass is 35.5. The van der Waals surface area contributed by atoms with Crippen LogP contribution in [0.5, 0.6) is 11.6 Å². The molecule has 2 heterocycles. The highest BCUT2D eigenvalue weighted by Gasteiger charge is 2.22. The first kappa shape index (κ1) is 19.5. The van der Waals surface area contributed by atoms with Crippen molar-refractivity contribution in [3.8, 4) is 11.6 Å². The van der Waals surface area contributed by atoms with Crippen LogP contribution in [-0.4, -0.2) is 23.1 Å². The van der Waals surface area contributed by atoms with Gasteiger partial charge >= 0.3 is 0 Å². The van der Waals surface area contributed by atoms with Crippen LogP contribution < -0.4 is 10.5 Å². The van der Waals surface area contributed by atoms with Gasteiger partial charge in [0.15, 0.2) is 17.2 Å². The molecule has 2 aromatic rings. The van der Waals surface area contributed by atoms with Crippen molar-refractivity contribution in [1.29, 1.82) is 0 Å². The largest absolute Gasteiger partial charge is 0.434 e. The Kier molecular flexibility index (Phi) is 6.42. The van der Waals surface area contributed by atoms with Crippen molar-refractivity contribution < 1.29 is 14.2 Å². The topological polar surface area (TPSA) is 79.5 Å². The maximum atomic E-state index is 6.18. The number of nitrogens with zero attached hydrogens (tertiary/aromatic N) is 2. The molecule has 1 aliphatic rings. The molecule has 0 spiro atoms. The number of aromatic nitrogens is 2. The molecule has 2 atom stereocenters. The van der Waals surface area contributed by atoms with Crippen LogP contribution in [-0.2, 0) is 9.47 Å². The summed E-state index contributed by atoms with van der Waals surface area (Å²) in [5.41, 5.74) is 6.76. The first-order valence-corrected chi connectivity index (χ1v) is 9.30.